The van der Waals surface area contributed by atoms with Gasteiger partial charge in [0.15, 0.2) is 6.61 Å². The molecule has 2 aromatic carbocycles. The van der Waals surface area contributed by atoms with Gasteiger partial charge in [0.1, 0.15) is 24.2 Å². The average molecular weight is 320 g/mol. The van der Waals surface area contributed by atoms with Gasteiger partial charge in [0.25, 0.3) is 0 Å². The molecular formula is C16H11ClFNO3. The summed E-state index contributed by atoms with van der Waals surface area (Å²) in [7, 11) is 0. The van der Waals surface area contributed by atoms with Gasteiger partial charge in [-0.05, 0) is 24.3 Å². The molecule has 0 aliphatic rings. The molecule has 4 nitrogen and oxygen atoms in total. The highest BCUT2D eigenvalue weighted by Crippen LogP contribution is 2.19. The molecule has 2 rings (SSSR count). The van der Waals surface area contributed by atoms with Gasteiger partial charge in [0.2, 0.25) is 0 Å². The summed E-state index contributed by atoms with van der Waals surface area (Å²) < 4.78 is 23.1. The van der Waals surface area contributed by atoms with Crippen molar-refractivity contribution in [2.24, 2.45) is 0 Å². The molecule has 0 aliphatic carbocycles. The molecule has 0 spiro atoms. The summed E-state index contributed by atoms with van der Waals surface area (Å²) in [6.07, 6.45) is 0. The maximum Gasteiger partial charge on any atom is 0.344 e. The maximum atomic E-state index is 12.9. The fraction of sp³-hybridized carbons (Fsp3) is 0.125. The minimum Gasteiger partial charge on any atom is -0.481 e. The number of ether oxygens (including phenoxy) is 2. The van der Waals surface area contributed by atoms with Crippen molar-refractivity contribution in [3.8, 4) is 11.8 Å². The highest BCUT2D eigenvalue weighted by Gasteiger charge is 2.09. The number of carbonyl (C=O) groups is 1. The number of para-hydroxylation sites is 1. The first kappa shape index (κ1) is 15.8. The fourth-order valence-corrected chi connectivity index (χ4v) is 1.88. The molecule has 6 heteroatoms. The van der Waals surface area contributed by atoms with Crippen molar-refractivity contribution in [2.45, 2.75) is 6.61 Å². The Morgan fingerprint density at radius 1 is 1.27 bits per heavy atom. The van der Waals surface area contributed by atoms with E-state index < -0.39 is 11.8 Å². The largest absolute Gasteiger partial charge is 0.481 e. The Morgan fingerprint density at radius 2 is 2.05 bits per heavy atom. The van der Waals surface area contributed by atoms with Crippen LogP contribution in [0.1, 0.15) is 11.1 Å². The van der Waals surface area contributed by atoms with Gasteiger partial charge < -0.3 is 9.47 Å². The van der Waals surface area contributed by atoms with E-state index >= 15 is 0 Å². The molecule has 0 radical (unpaired) electrons. The molecule has 0 saturated heterocycles. The molecule has 112 valence electrons. The van der Waals surface area contributed by atoms with Crippen molar-refractivity contribution < 1.29 is 18.7 Å². The average Bonchev–Trinajstić information content (AvgIpc) is 2.52. The molecule has 0 amide bonds. The number of esters is 1. The third-order valence-corrected chi connectivity index (χ3v) is 3.11. The van der Waals surface area contributed by atoms with E-state index in [2.05, 4.69) is 0 Å². The van der Waals surface area contributed by atoms with Gasteiger partial charge in [-0.15, -0.1) is 0 Å². The summed E-state index contributed by atoms with van der Waals surface area (Å²) in [5.41, 5.74) is 0.825. The van der Waals surface area contributed by atoms with Crippen molar-refractivity contribution in [3.63, 3.8) is 0 Å². The normalized spacial score (nSPS) is 9.86. The number of halogens is 2. The summed E-state index contributed by atoms with van der Waals surface area (Å²) in [5, 5.41) is 9.08. The van der Waals surface area contributed by atoms with Crippen LogP contribution in [0.25, 0.3) is 0 Å². The molecule has 0 saturated carbocycles. The maximum absolute atomic E-state index is 12.9. The van der Waals surface area contributed by atoms with Gasteiger partial charge in [-0.3, -0.25) is 0 Å². The van der Waals surface area contributed by atoms with Gasteiger partial charge >= 0.3 is 5.97 Å². The third-order valence-electron chi connectivity index (χ3n) is 2.76. The lowest BCUT2D eigenvalue weighted by Crippen LogP contribution is -2.15. The van der Waals surface area contributed by atoms with E-state index in [-0.39, 0.29) is 18.2 Å². The predicted molar refractivity (Wildman–Crippen MR) is 77.9 cm³/mol. The SMILES string of the molecule is N#Cc1ccccc1OCC(=O)OCc1ccc(F)cc1Cl. The molecule has 0 unspecified atom stereocenters. The topological polar surface area (TPSA) is 59.3 Å². The van der Waals surface area contributed by atoms with Gasteiger partial charge in [-0.25, -0.2) is 9.18 Å². The number of carbonyl (C=O) groups excluding carboxylic acids is 1. The van der Waals surface area contributed by atoms with Crippen LogP contribution in [0, 0.1) is 17.1 Å². The zero-order chi connectivity index (χ0) is 15.9. The summed E-state index contributed by atoms with van der Waals surface area (Å²) in [5.74, 6) is -0.772. The van der Waals surface area contributed by atoms with E-state index in [4.69, 9.17) is 26.3 Å². The molecule has 2 aromatic rings. The molecule has 0 aromatic heterocycles. The Balaban J connectivity index is 1.87. The molecule has 0 aliphatic heterocycles. The van der Waals surface area contributed by atoms with Crippen LogP contribution in [0.15, 0.2) is 42.5 Å². The first-order valence-electron chi connectivity index (χ1n) is 6.31. The van der Waals surface area contributed by atoms with Crippen molar-refractivity contribution in [1.82, 2.24) is 0 Å². The first-order valence-corrected chi connectivity index (χ1v) is 6.69. The molecule has 0 atom stereocenters. The Labute approximate surface area is 131 Å². The minimum atomic E-state index is -0.617. The van der Waals surface area contributed by atoms with Crippen molar-refractivity contribution in [1.29, 1.82) is 5.26 Å². The van der Waals surface area contributed by atoms with Crippen LogP contribution in [0.3, 0.4) is 0 Å². The molecule has 22 heavy (non-hydrogen) atoms. The van der Waals surface area contributed by atoms with E-state index in [1.54, 1.807) is 24.3 Å². The van der Waals surface area contributed by atoms with E-state index in [1.807, 2.05) is 6.07 Å². The predicted octanol–water partition coefficient (Wildman–Crippen LogP) is 3.47. The zero-order valence-electron chi connectivity index (χ0n) is 11.4. The number of rotatable bonds is 5. The van der Waals surface area contributed by atoms with E-state index in [0.29, 0.717) is 16.9 Å². The molecular weight excluding hydrogens is 309 g/mol. The lowest BCUT2D eigenvalue weighted by Gasteiger charge is -2.09. The Bertz CT molecular complexity index is 728. The van der Waals surface area contributed by atoms with Crippen LogP contribution >= 0.6 is 11.6 Å². The van der Waals surface area contributed by atoms with Crippen LogP contribution in [0.4, 0.5) is 4.39 Å². The summed E-state index contributed by atoms with van der Waals surface area (Å²) in [6, 6.07) is 12.3. The smallest absolute Gasteiger partial charge is 0.344 e. The van der Waals surface area contributed by atoms with Crippen molar-refractivity contribution in [2.75, 3.05) is 6.61 Å². The fourth-order valence-electron chi connectivity index (χ4n) is 1.66. The van der Waals surface area contributed by atoms with Gasteiger partial charge in [0.05, 0.1) is 10.6 Å². The molecule has 0 heterocycles. The summed E-state index contributed by atoms with van der Waals surface area (Å²) >= 11 is 5.83. The Kier molecular flexibility index (Phi) is 5.34. The molecule has 0 N–H and O–H groups in total. The van der Waals surface area contributed by atoms with E-state index in [1.165, 1.54) is 12.1 Å². The van der Waals surface area contributed by atoms with Gasteiger partial charge in [-0.2, -0.15) is 5.26 Å². The second-order valence-electron chi connectivity index (χ2n) is 4.29. The Hall–Kier alpha value is -2.58. The Morgan fingerprint density at radius 3 is 2.77 bits per heavy atom. The number of hydrogen-bond acceptors (Lipinski definition) is 4. The molecule has 0 fully saturated rings. The quantitative estimate of drug-likeness (QED) is 0.792. The monoisotopic (exact) mass is 319 g/mol. The lowest BCUT2D eigenvalue weighted by atomic mass is 10.2. The van der Waals surface area contributed by atoms with Crippen LogP contribution in [-0.2, 0) is 16.1 Å². The number of nitrogens with zero attached hydrogens (tertiary/aromatic N) is 1. The van der Waals surface area contributed by atoms with Gasteiger partial charge in [-0.1, -0.05) is 29.8 Å². The van der Waals surface area contributed by atoms with Gasteiger partial charge in [0, 0.05) is 5.56 Å². The third kappa shape index (κ3) is 4.21. The van der Waals surface area contributed by atoms with Crippen molar-refractivity contribution >= 4 is 17.6 Å². The zero-order valence-corrected chi connectivity index (χ0v) is 12.1. The van der Waals surface area contributed by atoms with E-state index in [9.17, 15) is 9.18 Å². The lowest BCUT2D eigenvalue weighted by molar-refractivity contribution is -0.147. The first-order chi connectivity index (χ1) is 10.6. The van der Waals surface area contributed by atoms with Crippen LogP contribution < -0.4 is 4.74 Å². The molecule has 0 bridgehead atoms. The highest BCUT2D eigenvalue weighted by molar-refractivity contribution is 6.31. The van der Waals surface area contributed by atoms with Crippen LogP contribution in [-0.4, -0.2) is 12.6 Å². The standard InChI is InChI=1S/C16H11ClFNO3/c17-14-7-13(18)6-5-12(14)9-22-16(20)10-21-15-4-2-1-3-11(15)8-19/h1-7H,9-10H2. The van der Waals surface area contributed by atoms with E-state index in [0.717, 1.165) is 6.07 Å². The second kappa shape index (κ2) is 7.43. The van der Waals surface area contributed by atoms with Crippen molar-refractivity contribution in [3.05, 3.63) is 64.4 Å². The number of benzene rings is 2. The second-order valence-corrected chi connectivity index (χ2v) is 4.70. The van der Waals surface area contributed by atoms with Crippen LogP contribution in [0.2, 0.25) is 5.02 Å². The summed E-state index contributed by atoms with van der Waals surface area (Å²) in [6.45, 7) is -0.418. The number of hydrogen-bond donors (Lipinski definition) is 0. The highest BCUT2D eigenvalue weighted by atomic mass is 35.5. The minimum absolute atomic E-state index is 0.0821. The van der Waals surface area contributed by atoms with Crippen LogP contribution in [0.5, 0.6) is 5.75 Å². The number of nitriles is 1. The summed E-state index contributed by atoms with van der Waals surface area (Å²) in [4.78, 5) is 11.6.